The van der Waals surface area contributed by atoms with Crippen molar-refractivity contribution in [1.29, 1.82) is 0 Å². The molecule has 36 heavy (non-hydrogen) atoms. The average molecular weight is 490 g/mol. The maximum Gasteiger partial charge on any atom is 0.264 e. The van der Waals surface area contributed by atoms with Crippen LogP contribution in [-0.2, 0) is 9.59 Å². The lowest BCUT2D eigenvalue weighted by Crippen LogP contribution is -2.54. The molecule has 1 atom stereocenters. The second-order valence-corrected chi connectivity index (χ2v) is 8.62. The van der Waals surface area contributed by atoms with Crippen molar-refractivity contribution in [2.45, 2.75) is 31.7 Å². The molecule has 1 fully saturated rings. The Labute approximate surface area is 205 Å². The normalized spacial score (nSPS) is 17.4. The fourth-order valence-electron chi connectivity index (χ4n) is 4.42. The number of halogens is 1. The molecule has 0 aliphatic carbocycles. The number of unbranched alkanes of at least 4 members (excludes halogenated alkanes) is 1. The fraction of sp³-hybridized carbons (Fsp3) is 0.280. The molecule has 1 saturated heterocycles. The third-order valence-corrected chi connectivity index (χ3v) is 6.20. The van der Waals surface area contributed by atoms with E-state index in [4.69, 9.17) is 0 Å². The number of aromatic nitrogens is 2. The van der Waals surface area contributed by atoms with Crippen LogP contribution in [0.1, 0.15) is 46.4 Å². The van der Waals surface area contributed by atoms with Crippen LogP contribution in [0, 0.1) is 5.82 Å². The van der Waals surface area contributed by atoms with Gasteiger partial charge in [-0.15, -0.1) is 0 Å². The number of piperidine rings is 1. The Morgan fingerprint density at radius 3 is 2.61 bits per heavy atom. The van der Waals surface area contributed by atoms with Gasteiger partial charge >= 0.3 is 0 Å². The Balaban J connectivity index is 1.16. The zero-order valence-electron chi connectivity index (χ0n) is 19.2. The van der Waals surface area contributed by atoms with Crippen molar-refractivity contribution < 1.29 is 23.6 Å². The number of benzene rings is 2. The number of anilines is 2. The van der Waals surface area contributed by atoms with E-state index in [-0.39, 0.29) is 29.8 Å². The molecule has 10 nitrogen and oxygen atoms in total. The zero-order valence-corrected chi connectivity index (χ0v) is 19.2. The number of nitrogens with zero attached hydrogens (tertiary/aromatic N) is 3. The van der Waals surface area contributed by atoms with Crippen LogP contribution in [-0.4, -0.2) is 57.6 Å². The topological polar surface area (TPSA) is 133 Å². The maximum atomic E-state index is 13.4. The lowest BCUT2D eigenvalue weighted by molar-refractivity contribution is -0.136. The molecule has 2 aliphatic rings. The number of imide groups is 2. The second kappa shape index (κ2) is 9.68. The number of amides is 4. The molecule has 2 aromatic carbocycles. The molecular formula is C25H23FN6O4. The van der Waals surface area contributed by atoms with E-state index in [0.29, 0.717) is 35.6 Å². The smallest absolute Gasteiger partial charge is 0.264 e. The van der Waals surface area contributed by atoms with Crippen LogP contribution in [0.25, 0.3) is 11.0 Å². The van der Waals surface area contributed by atoms with Crippen LogP contribution < -0.4 is 16.0 Å². The SMILES string of the molecule is O=C1CCC(N2C(=O)c3cccc(NCCCCNc4cnc5ccc(F)cc5n4)c3C2=O)C(=O)N1. The maximum absolute atomic E-state index is 13.4. The van der Waals surface area contributed by atoms with Crippen molar-refractivity contribution >= 4 is 46.2 Å². The Morgan fingerprint density at radius 2 is 1.81 bits per heavy atom. The van der Waals surface area contributed by atoms with Crippen molar-refractivity contribution in [3.05, 3.63) is 59.5 Å². The Morgan fingerprint density at radius 1 is 1.00 bits per heavy atom. The standard InChI is InChI=1S/C25H23FN6O4/c26-14-6-7-16-18(12-14)30-20(13-29-16)28-11-2-1-10-27-17-5-3-4-15-22(17)25(36)32(24(15)35)19-8-9-21(33)31-23(19)34/h3-7,12-13,19,27H,1-2,8-11H2,(H,28,30)(H,31,33,34). The molecule has 0 bridgehead atoms. The molecule has 184 valence electrons. The summed E-state index contributed by atoms with van der Waals surface area (Å²) in [7, 11) is 0. The van der Waals surface area contributed by atoms with Gasteiger partial charge in [-0.25, -0.2) is 9.37 Å². The first-order valence-electron chi connectivity index (χ1n) is 11.7. The van der Waals surface area contributed by atoms with Crippen molar-refractivity contribution in [2.24, 2.45) is 0 Å². The van der Waals surface area contributed by atoms with E-state index >= 15 is 0 Å². The van der Waals surface area contributed by atoms with Gasteiger partial charge < -0.3 is 10.6 Å². The van der Waals surface area contributed by atoms with Crippen LogP contribution in [0.2, 0.25) is 0 Å². The van der Waals surface area contributed by atoms with Gasteiger partial charge in [0.25, 0.3) is 11.8 Å². The van der Waals surface area contributed by atoms with E-state index in [1.165, 1.54) is 12.1 Å². The van der Waals surface area contributed by atoms with Gasteiger partial charge in [-0.1, -0.05) is 6.07 Å². The molecular weight excluding hydrogens is 467 g/mol. The second-order valence-electron chi connectivity index (χ2n) is 8.62. The predicted molar refractivity (Wildman–Crippen MR) is 129 cm³/mol. The molecule has 3 heterocycles. The summed E-state index contributed by atoms with van der Waals surface area (Å²) < 4.78 is 13.4. The molecule has 4 amide bonds. The number of rotatable bonds is 8. The summed E-state index contributed by atoms with van der Waals surface area (Å²) in [6.45, 7) is 1.16. The van der Waals surface area contributed by atoms with Gasteiger partial charge in [0, 0.05) is 31.3 Å². The number of fused-ring (bicyclic) bond motifs is 2. The highest BCUT2D eigenvalue weighted by Gasteiger charge is 2.45. The molecule has 0 spiro atoms. The minimum absolute atomic E-state index is 0.0740. The van der Waals surface area contributed by atoms with Crippen LogP contribution in [0.4, 0.5) is 15.9 Å². The molecule has 0 saturated carbocycles. The van der Waals surface area contributed by atoms with Gasteiger partial charge in [0.15, 0.2) is 0 Å². The van der Waals surface area contributed by atoms with E-state index in [1.54, 1.807) is 30.5 Å². The Hall–Kier alpha value is -4.41. The molecule has 0 radical (unpaired) electrons. The number of hydrogen-bond donors (Lipinski definition) is 3. The van der Waals surface area contributed by atoms with E-state index in [1.807, 2.05) is 0 Å². The van der Waals surface area contributed by atoms with Crippen LogP contribution in [0.15, 0.2) is 42.6 Å². The average Bonchev–Trinajstić information content (AvgIpc) is 3.11. The first-order chi connectivity index (χ1) is 17.4. The van der Waals surface area contributed by atoms with Crippen LogP contribution in [0.3, 0.4) is 0 Å². The first-order valence-corrected chi connectivity index (χ1v) is 11.7. The summed E-state index contributed by atoms with van der Waals surface area (Å²) in [5.41, 5.74) is 2.10. The minimum atomic E-state index is -0.997. The molecule has 1 unspecified atom stereocenters. The van der Waals surface area contributed by atoms with Gasteiger partial charge in [-0.05, 0) is 43.5 Å². The zero-order chi connectivity index (χ0) is 25.2. The van der Waals surface area contributed by atoms with Gasteiger partial charge in [0.1, 0.15) is 17.7 Å². The molecule has 2 aliphatic heterocycles. The van der Waals surface area contributed by atoms with E-state index in [9.17, 15) is 23.6 Å². The molecule has 5 rings (SSSR count). The Kier molecular flexibility index (Phi) is 6.28. The summed E-state index contributed by atoms with van der Waals surface area (Å²) in [6, 6.07) is 8.23. The largest absolute Gasteiger partial charge is 0.384 e. The first kappa shape index (κ1) is 23.3. The van der Waals surface area contributed by atoms with Crippen molar-refractivity contribution in [1.82, 2.24) is 20.2 Å². The summed E-state index contributed by atoms with van der Waals surface area (Å²) in [5.74, 6) is -1.93. The number of nitrogens with one attached hydrogen (secondary N) is 3. The van der Waals surface area contributed by atoms with Gasteiger partial charge in [-0.3, -0.25) is 34.4 Å². The van der Waals surface area contributed by atoms with E-state index in [2.05, 4.69) is 25.9 Å². The summed E-state index contributed by atoms with van der Waals surface area (Å²) in [4.78, 5) is 59.3. The number of hydrogen-bond acceptors (Lipinski definition) is 8. The van der Waals surface area contributed by atoms with Crippen molar-refractivity contribution in [3.8, 4) is 0 Å². The summed E-state index contributed by atoms with van der Waals surface area (Å²) in [5, 5.41) is 8.58. The van der Waals surface area contributed by atoms with E-state index < -0.39 is 29.7 Å². The van der Waals surface area contributed by atoms with Crippen molar-refractivity contribution in [2.75, 3.05) is 23.7 Å². The van der Waals surface area contributed by atoms with E-state index in [0.717, 1.165) is 17.7 Å². The van der Waals surface area contributed by atoms with Gasteiger partial charge in [0.05, 0.1) is 28.4 Å². The quantitative estimate of drug-likeness (QED) is 0.324. The summed E-state index contributed by atoms with van der Waals surface area (Å²) >= 11 is 0. The monoisotopic (exact) mass is 490 g/mol. The fourth-order valence-corrected chi connectivity index (χ4v) is 4.42. The van der Waals surface area contributed by atoms with Gasteiger partial charge in [0.2, 0.25) is 11.8 Å². The third kappa shape index (κ3) is 4.47. The molecule has 1 aromatic heterocycles. The van der Waals surface area contributed by atoms with Gasteiger partial charge in [-0.2, -0.15) is 0 Å². The third-order valence-electron chi connectivity index (χ3n) is 6.20. The van der Waals surface area contributed by atoms with Crippen LogP contribution in [0.5, 0.6) is 0 Å². The lowest BCUT2D eigenvalue weighted by Gasteiger charge is -2.27. The Bertz CT molecular complexity index is 1390. The minimum Gasteiger partial charge on any atom is -0.384 e. The van der Waals surface area contributed by atoms with Crippen LogP contribution >= 0.6 is 0 Å². The molecule has 3 N–H and O–H groups in total. The predicted octanol–water partition coefficient (Wildman–Crippen LogP) is 2.47. The molecule has 3 aromatic rings. The lowest BCUT2D eigenvalue weighted by atomic mass is 10.0. The highest BCUT2D eigenvalue weighted by molar-refractivity contribution is 6.25. The highest BCUT2D eigenvalue weighted by atomic mass is 19.1. The summed E-state index contributed by atoms with van der Waals surface area (Å²) in [6.07, 6.45) is 3.32. The van der Waals surface area contributed by atoms with Crippen molar-refractivity contribution in [3.63, 3.8) is 0 Å². The number of carbonyl (C=O) groups excluding carboxylic acids is 4. The molecule has 11 heteroatoms. The highest BCUT2D eigenvalue weighted by Crippen LogP contribution is 2.32. The number of carbonyl (C=O) groups is 4.